The zero-order valence-electron chi connectivity index (χ0n) is 14.0. The first-order valence-electron chi connectivity index (χ1n) is 7.81. The molecule has 27 heavy (non-hydrogen) atoms. The zero-order chi connectivity index (χ0) is 19.3. The van der Waals surface area contributed by atoms with Crippen LogP contribution in [-0.2, 0) is 19.7 Å². The number of aliphatic imine (C=N–C) groups is 1. The standard InChI is InChI=1S/C18H15N3O4S2/c22-26(23,15-8-3-1-4-9-15)17(14-21-18-19-12-7-13-20-18)27(24,25)16-10-5-2-6-11-16/h1-14,17H. The molecule has 0 bridgehead atoms. The van der Waals surface area contributed by atoms with Gasteiger partial charge in [-0.05, 0) is 30.3 Å². The summed E-state index contributed by atoms with van der Waals surface area (Å²) in [6.07, 6.45) is 3.71. The van der Waals surface area contributed by atoms with E-state index in [1.807, 2.05) is 0 Å². The van der Waals surface area contributed by atoms with Crippen LogP contribution in [0.1, 0.15) is 0 Å². The van der Waals surface area contributed by atoms with Crippen molar-refractivity contribution in [2.45, 2.75) is 14.4 Å². The third-order valence-corrected chi connectivity index (χ3v) is 8.46. The normalized spacial score (nSPS) is 12.5. The van der Waals surface area contributed by atoms with E-state index in [2.05, 4.69) is 15.0 Å². The largest absolute Gasteiger partial charge is 0.248 e. The van der Waals surface area contributed by atoms with E-state index in [1.165, 1.54) is 60.9 Å². The number of hydrogen-bond donors (Lipinski definition) is 0. The van der Waals surface area contributed by atoms with Crippen LogP contribution in [0.5, 0.6) is 0 Å². The molecule has 0 aliphatic carbocycles. The molecule has 2 aromatic carbocycles. The Bertz CT molecular complexity index is 1060. The molecule has 0 N–H and O–H groups in total. The molecule has 0 unspecified atom stereocenters. The van der Waals surface area contributed by atoms with Gasteiger partial charge in [-0.25, -0.2) is 31.8 Å². The van der Waals surface area contributed by atoms with Gasteiger partial charge in [0.15, 0.2) is 0 Å². The van der Waals surface area contributed by atoms with Crippen molar-refractivity contribution in [3.63, 3.8) is 0 Å². The number of aromatic nitrogens is 2. The summed E-state index contributed by atoms with van der Waals surface area (Å²) in [7, 11) is -8.54. The van der Waals surface area contributed by atoms with Gasteiger partial charge >= 0.3 is 0 Å². The summed E-state index contributed by atoms with van der Waals surface area (Å²) in [6.45, 7) is 0. The van der Waals surface area contributed by atoms with Crippen molar-refractivity contribution in [2.24, 2.45) is 4.99 Å². The van der Waals surface area contributed by atoms with Gasteiger partial charge in [0.05, 0.1) is 9.79 Å². The molecule has 0 aliphatic rings. The Kier molecular flexibility index (Phi) is 5.43. The molecular weight excluding hydrogens is 386 g/mol. The van der Waals surface area contributed by atoms with Gasteiger partial charge in [-0.3, -0.25) is 0 Å². The molecule has 3 rings (SSSR count). The van der Waals surface area contributed by atoms with Crippen molar-refractivity contribution in [3.05, 3.63) is 79.1 Å². The maximum absolute atomic E-state index is 13.1. The number of rotatable bonds is 6. The van der Waals surface area contributed by atoms with Crippen molar-refractivity contribution in [2.75, 3.05) is 0 Å². The lowest BCUT2D eigenvalue weighted by molar-refractivity contribution is 0.584. The van der Waals surface area contributed by atoms with E-state index in [1.54, 1.807) is 18.2 Å². The second-order valence-corrected chi connectivity index (χ2v) is 9.85. The van der Waals surface area contributed by atoms with Crippen LogP contribution in [0, 0.1) is 0 Å². The average Bonchev–Trinajstić information content (AvgIpc) is 2.70. The van der Waals surface area contributed by atoms with Crippen LogP contribution in [0.3, 0.4) is 0 Å². The highest BCUT2D eigenvalue weighted by atomic mass is 32.3. The van der Waals surface area contributed by atoms with E-state index < -0.39 is 24.3 Å². The molecule has 0 saturated carbocycles. The smallest absolute Gasteiger partial charge is 0.222 e. The van der Waals surface area contributed by atoms with Crippen LogP contribution >= 0.6 is 0 Å². The minimum absolute atomic E-state index is 0.0333. The molecule has 1 heterocycles. The second-order valence-electron chi connectivity index (χ2n) is 5.41. The third kappa shape index (κ3) is 4.09. The highest BCUT2D eigenvalue weighted by Crippen LogP contribution is 2.25. The van der Waals surface area contributed by atoms with E-state index >= 15 is 0 Å². The SMILES string of the molecule is O=S(=O)(c1ccccc1)C(C=Nc1ncccn1)S(=O)(=O)c1ccccc1. The molecule has 0 amide bonds. The fourth-order valence-corrected chi connectivity index (χ4v) is 6.35. The van der Waals surface area contributed by atoms with E-state index in [0.717, 1.165) is 6.21 Å². The predicted molar refractivity (Wildman–Crippen MR) is 101 cm³/mol. The van der Waals surface area contributed by atoms with Gasteiger partial charge < -0.3 is 0 Å². The van der Waals surface area contributed by atoms with Crippen LogP contribution in [-0.4, -0.2) is 37.6 Å². The minimum atomic E-state index is -4.27. The quantitative estimate of drug-likeness (QED) is 0.587. The lowest BCUT2D eigenvalue weighted by Gasteiger charge is -2.14. The summed E-state index contributed by atoms with van der Waals surface area (Å²) < 4.78 is 50.3. The van der Waals surface area contributed by atoms with E-state index in [9.17, 15) is 16.8 Å². The molecule has 0 radical (unpaired) electrons. The summed E-state index contributed by atoms with van der Waals surface area (Å²) in [5.41, 5.74) is 0. The van der Waals surface area contributed by atoms with Crippen LogP contribution < -0.4 is 0 Å². The highest BCUT2D eigenvalue weighted by Gasteiger charge is 2.38. The Balaban J connectivity index is 2.14. The second kappa shape index (κ2) is 7.77. The molecule has 0 spiro atoms. The first-order chi connectivity index (χ1) is 12.9. The monoisotopic (exact) mass is 401 g/mol. The summed E-state index contributed by atoms with van der Waals surface area (Å²) >= 11 is 0. The van der Waals surface area contributed by atoms with Crippen LogP contribution in [0.2, 0.25) is 0 Å². The maximum Gasteiger partial charge on any atom is 0.248 e. The van der Waals surface area contributed by atoms with Gasteiger partial charge in [0.25, 0.3) is 0 Å². The molecule has 0 fully saturated rings. The number of sulfone groups is 2. The van der Waals surface area contributed by atoms with E-state index in [0.29, 0.717) is 0 Å². The fraction of sp³-hybridized carbons (Fsp3) is 0.0556. The molecular formula is C18H15N3O4S2. The van der Waals surface area contributed by atoms with Crippen molar-refractivity contribution in [1.82, 2.24) is 9.97 Å². The Labute approximate surface area is 157 Å². The first kappa shape index (κ1) is 18.9. The molecule has 7 nitrogen and oxygen atoms in total. The van der Waals surface area contributed by atoms with Crippen molar-refractivity contribution in [3.8, 4) is 0 Å². The summed E-state index contributed by atoms with van der Waals surface area (Å²) in [6, 6.07) is 16.3. The van der Waals surface area contributed by atoms with Crippen LogP contribution in [0.25, 0.3) is 0 Å². The van der Waals surface area contributed by atoms with Gasteiger partial charge in [0.2, 0.25) is 30.2 Å². The topological polar surface area (TPSA) is 106 Å². The third-order valence-electron chi connectivity index (χ3n) is 3.62. The predicted octanol–water partition coefficient (Wildman–Crippen LogP) is 2.45. The van der Waals surface area contributed by atoms with Gasteiger partial charge in [-0.15, -0.1) is 0 Å². The molecule has 9 heteroatoms. The van der Waals surface area contributed by atoms with Crippen molar-refractivity contribution >= 4 is 31.8 Å². The molecule has 0 aliphatic heterocycles. The molecule has 0 atom stereocenters. The number of nitrogens with zero attached hydrogens (tertiary/aromatic N) is 3. The highest BCUT2D eigenvalue weighted by molar-refractivity contribution is 8.10. The van der Waals surface area contributed by atoms with Crippen molar-refractivity contribution < 1.29 is 16.8 Å². The van der Waals surface area contributed by atoms with Gasteiger partial charge in [0, 0.05) is 18.6 Å². The number of hydrogen-bond acceptors (Lipinski definition) is 7. The Morgan fingerprint density at radius 3 is 1.59 bits per heavy atom. The Morgan fingerprint density at radius 1 is 0.704 bits per heavy atom. The summed E-state index contributed by atoms with van der Waals surface area (Å²) in [5, 5.41) is 0. The Hall–Kier alpha value is -2.91. The molecule has 0 saturated heterocycles. The first-order valence-corrected chi connectivity index (χ1v) is 10.9. The molecule has 3 aromatic rings. The van der Waals surface area contributed by atoms with Crippen LogP contribution in [0.4, 0.5) is 5.95 Å². The van der Waals surface area contributed by atoms with Gasteiger partial charge in [0.1, 0.15) is 0 Å². The molecule has 138 valence electrons. The van der Waals surface area contributed by atoms with Crippen LogP contribution in [0.15, 0.2) is 93.9 Å². The van der Waals surface area contributed by atoms with Gasteiger partial charge in [-0.2, -0.15) is 0 Å². The van der Waals surface area contributed by atoms with Crippen molar-refractivity contribution in [1.29, 1.82) is 0 Å². The lowest BCUT2D eigenvalue weighted by Crippen LogP contribution is -2.32. The maximum atomic E-state index is 13.1. The zero-order valence-corrected chi connectivity index (χ0v) is 15.6. The van der Waals surface area contributed by atoms with E-state index in [-0.39, 0.29) is 15.7 Å². The Morgan fingerprint density at radius 2 is 1.15 bits per heavy atom. The lowest BCUT2D eigenvalue weighted by atomic mass is 10.4. The molecule has 1 aromatic heterocycles. The van der Waals surface area contributed by atoms with Gasteiger partial charge in [-0.1, -0.05) is 36.4 Å². The minimum Gasteiger partial charge on any atom is -0.222 e. The summed E-state index contributed by atoms with van der Waals surface area (Å²) in [4.78, 5) is 11.4. The van der Waals surface area contributed by atoms with E-state index in [4.69, 9.17) is 0 Å². The fourth-order valence-electron chi connectivity index (χ4n) is 2.30. The summed E-state index contributed by atoms with van der Waals surface area (Å²) in [5.74, 6) is -0.0333. The number of benzene rings is 2. The average molecular weight is 401 g/mol.